The molecule has 0 saturated carbocycles. The summed E-state index contributed by atoms with van der Waals surface area (Å²) in [5, 5.41) is 4.29. The molecule has 2 aromatic carbocycles. The fourth-order valence-corrected chi connectivity index (χ4v) is 3.44. The number of nitrogens with zero attached hydrogens (tertiary/aromatic N) is 2. The molecule has 1 heterocycles. The number of anilines is 1. The van der Waals surface area contributed by atoms with E-state index in [-0.39, 0.29) is 5.75 Å². The summed E-state index contributed by atoms with van der Waals surface area (Å²) < 4.78 is 32.1. The zero-order chi connectivity index (χ0) is 17.2. The fourth-order valence-electron chi connectivity index (χ4n) is 2.11. The van der Waals surface area contributed by atoms with Crippen LogP contribution in [0.25, 0.3) is 11.5 Å². The van der Waals surface area contributed by atoms with Crippen LogP contribution < -0.4 is 4.72 Å². The third-order valence-electron chi connectivity index (χ3n) is 3.20. The molecule has 0 aliphatic rings. The second-order valence-corrected chi connectivity index (χ2v) is 7.37. The number of hydrogen-bond donors (Lipinski definition) is 1. The van der Waals surface area contributed by atoms with E-state index in [0.717, 1.165) is 5.56 Å². The highest BCUT2D eigenvalue weighted by atomic mass is 35.5. The Hall–Kier alpha value is -2.38. The maximum atomic E-state index is 12.2. The molecule has 0 amide bonds. The number of halogens is 1. The lowest BCUT2D eigenvalue weighted by Gasteiger charge is -2.08. The van der Waals surface area contributed by atoms with Crippen LogP contribution in [0.4, 0.5) is 5.69 Å². The van der Waals surface area contributed by atoms with Crippen LogP contribution in [0, 0.1) is 6.92 Å². The number of rotatable bonds is 5. The Morgan fingerprint density at radius 2 is 1.75 bits per heavy atom. The zero-order valence-corrected chi connectivity index (χ0v) is 14.3. The molecule has 1 aromatic heterocycles. The SMILES string of the molecule is Cc1noc(-c2ccc(NS(=O)(=O)Cc3ccc(Cl)cc3)cc2)n1. The third-order valence-corrected chi connectivity index (χ3v) is 4.71. The lowest BCUT2D eigenvalue weighted by molar-refractivity contribution is 0.425. The minimum absolute atomic E-state index is 0.130. The molecule has 0 atom stereocenters. The standard InChI is InChI=1S/C16H14ClN3O3S/c1-11-18-16(23-19-11)13-4-8-15(9-5-13)20-24(21,22)10-12-2-6-14(17)7-3-12/h2-9,20H,10H2,1H3. The lowest BCUT2D eigenvalue weighted by Crippen LogP contribution is -2.14. The Balaban J connectivity index is 1.71. The van der Waals surface area contributed by atoms with E-state index in [1.165, 1.54) is 0 Å². The van der Waals surface area contributed by atoms with E-state index >= 15 is 0 Å². The van der Waals surface area contributed by atoms with E-state index in [1.807, 2.05) is 0 Å². The van der Waals surface area contributed by atoms with Crippen molar-refractivity contribution >= 4 is 27.3 Å². The first-order valence-corrected chi connectivity index (χ1v) is 9.10. The first-order valence-electron chi connectivity index (χ1n) is 7.07. The average Bonchev–Trinajstić information content (AvgIpc) is 2.96. The van der Waals surface area contributed by atoms with Crippen LogP contribution in [0.1, 0.15) is 11.4 Å². The van der Waals surface area contributed by atoms with E-state index in [0.29, 0.717) is 28.0 Å². The van der Waals surface area contributed by atoms with Gasteiger partial charge in [-0.05, 0) is 48.9 Å². The minimum atomic E-state index is -3.52. The van der Waals surface area contributed by atoms with Crippen molar-refractivity contribution in [3.8, 4) is 11.5 Å². The van der Waals surface area contributed by atoms with E-state index in [1.54, 1.807) is 55.5 Å². The van der Waals surface area contributed by atoms with E-state index in [4.69, 9.17) is 16.1 Å². The van der Waals surface area contributed by atoms with Gasteiger partial charge in [-0.3, -0.25) is 4.72 Å². The highest BCUT2D eigenvalue weighted by Crippen LogP contribution is 2.21. The van der Waals surface area contributed by atoms with Gasteiger partial charge in [-0.2, -0.15) is 4.98 Å². The Morgan fingerprint density at radius 3 is 2.33 bits per heavy atom. The smallest absolute Gasteiger partial charge is 0.257 e. The molecule has 8 heteroatoms. The molecular formula is C16H14ClN3O3S. The Bertz CT molecular complexity index is 935. The Morgan fingerprint density at radius 1 is 1.08 bits per heavy atom. The van der Waals surface area contributed by atoms with E-state index in [2.05, 4.69) is 14.9 Å². The van der Waals surface area contributed by atoms with Crippen LogP contribution in [0.15, 0.2) is 53.1 Å². The van der Waals surface area contributed by atoms with Crippen molar-refractivity contribution < 1.29 is 12.9 Å². The molecule has 0 fully saturated rings. The van der Waals surface area contributed by atoms with Crippen molar-refractivity contribution in [2.24, 2.45) is 0 Å². The molecule has 0 unspecified atom stereocenters. The molecule has 124 valence electrons. The largest absolute Gasteiger partial charge is 0.334 e. The summed E-state index contributed by atoms with van der Waals surface area (Å²) in [6, 6.07) is 13.4. The Labute approximate surface area is 144 Å². The number of benzene rings is 2. The van der Waals surface area contributed by atoms with Crippen LogP contribution in [-0.4, -0.2) is 18.6 Å². The molecule has 0 saturated heterocycles. The average molecular weight is 364 g/mol. The van der Waals surface area contributed by atoms with Crippen LogP contribution >= 0.6 is 11.6 Å². The van der Waals surface area contributed by atoms with Crippen LogP contribution in [-0.2, 0) is 15.8 Å². The summed E-state index contributed by atoms with van der Waals surface area (Å²) in [4.78, 5) is 4.12. The second-order valence-electron chi connectivity index (χ2n) is 5.21. The summed E-state index contributed by atoms with van der Waals surface area (Å²) in [7, 11) is -3.52. The fraction of sp³-hybridized carbons (Fsp3) is 0.125. The molecule has 0 spiro atoms. The lowest BCUT2D eigenvalue weighted by atomic mass is 10.2. The van der Waals surface area contributed by atoms with Gasteiger partial charge in [0.2, 0.25) is 10.0 Å². The summed E-state index contributed by atoms with van der Waals surface area (Å²) in [5.41, 5.74) is 1.84. The summed E-state index contributed by atoms with van der Waals surface area (Å²) >= 11 is 5.80. The van der Waals surface area contributed by atoms with Crippen LogP contribution in [0.3, 0.4) is 0 Å². The normalized spacial score (nSPS) is 11.4. The van der Waals surface area contributed by atoms with Gasteiger partial charge in [0.1, 0.15) is 0 Å². The molecule has 0 aliphatic heterocycles. The first kappa shape index (κ1) is 16.5. The van der Waals surface area contributed by atoms with Gasteiger partial charge in [0.05, 0.1) is 5.75 Å². The second kappa shape index (κ2) is 6.62. The van der Waals surface area contributed by atoms with Gasteiger partial charge in [-0.1, -0.05) is 28.9 Å². The third kappa shape index (κ3) is 4.12. The van der Waals surface area contributed by atoms with Gasteiger partial charge in [0.15, 0.2) is 5.82 Å². The van der Waals surface area contributed by atoms with E-state index in [9.17, 15) is 8.42 Å². The number of hydrogen-bond acceptors (Lipinski definition) is 5. The molecular weight excluding hydrogens is 350 g/mol. The van der Waals surface area contributed by atoms with Gasteiger partial charge in [0, 0.05) is 16.3 Å². The maximum Gasteiger partial charge on any atom is 0.257 e. The quantitative estimate of drug-likeness (QED) is 0.748. The minimum Gasteiger partial charge on any atom is -0.334 e. The number of aromatic nitrogens is 2. The van der Waals surface area contributed by atoms with Crippen molar-refractivity contribution in [1.29, 1.82) is 0 Å². The predicted molar refractivity (Wildman–Crippen MR) is 92.2 cm³/mol. The molecule has 3 rings (SSSR count). The van der Waals surface area contributed by atoms with Crippen molar-refractivity contribution in [1.82, 2.24) is 10.1 Å². The number of aryl methyl sites for hydroxylation is 1. The topological polar surface area (TPSA) is 85.1 Å². The van der Waals surface area contributed by atoms with Gasteiger partial charge < -0.3 is 4.52 Å². The van der Waals surface area contributed by atoms with Crippen molar-refractivity contribution in [3.05, 3.63) is 64.9 Å². The summed E-state index contributed by atoms with van der Waals surface area (Å²) in [5.74, 6) is 0.801. The molecule has 24 heavy (non-hydrogen) atoms. The van der Waals surface area contributed by atoms with E-state index < -0.39 is 10.0 Å². The highest BCUT2D eigenvalue weighted by molar-refractivity contribution is 7.91. The van der Waals surface area contributed by atoms with Gasteiger partial charge in [-0.25, -0.2) is 8.42 Å². The summed E-state index contributed by atoms with van der Waals surface area (Å²) in [6.07, 6.45) is 0. The molecule has 1 N–H and O–H groups in total. The van der Waals surface area contributed by atoms with Crippen molar-refractivity contribution in [2.45, 2.75) is 12.7 Å². The van der Waals surface area contributed by atoms with Gasteiger partial charge >= 0.3 is 0 Å². The number of nitrogens with one attached hydrogen (secondary N) is 1. The van der Waals surface area contributed by atoms with Gasteiger partial charge in [0.25, 0.3) is 5.89 Å². The Kier molecular flexibility index (Phi) is 4.55. The highest BCUT2D eigenvalue weighted by Gasteiger charge is 2.12. The monoisotopic (exact) mass is 363 g/mol. The maximum absolute atomic E-state index is 12.2. The van der Waals surface area contributed by atoms with Crippen molar-refractivity contribution in [3.63, 3.8) is 0 Å². The summed E-state index contributed by atoms with van der Waals surface area (Å²) in [6.45, 7) is 1.73. The van der Waals surface area contributed by atoms with Crippen LogP contribution in [0.2, 0.25) is 5.02 Å². The zero-order valence-electron chi connectivity index (χ0n) is 12.7. The molecule has 0 radical (unpaired) electrons. The molecule has 0 bridgehead atoms. The molecule has 3 aromatic rings. The molecule has 6 nitrogen and oxygen atoms in total. The van der Waals surface area contributed by atoms with Crippen molar-refractivity contribution in [2.75, 3.05) is 4.72 Å². The van der Waals surface area contributed by atoms with Gasteiger partial charge in [-0.15, -0.1) is 0 Å². The molecule has 0 aliphatic carbocycles. The number of sulfonamides is 1. The predicted octanol–water partition coefficient (Wildman–Crippen LogP) is 3.64. The first-order chi connectivity index (χ1) is 11.4. The van der Waals surface area contributed by atoms with Crippen LogP contribution in [0.5, 0.6) is 0 Å².